The highest BCUT2D eigenvalue weighted by Crippen LogP contribution is 2.35. The summed E-state index contributed by atoms with van der Waals surface area (Å²) in [5.41, 5.74) is 17.5. The molecule has 0 bridgehead atoms. The standard InChI is InChI=1S/2C15H15N3O2.C14H13N3O2.C8H11NO.C7H5ClN2O.C7H7IO.C7H7N3O.ClH/c2*1-10-8-20-15-13(10)14(16-9-17-15)18(2)11-4-6-12(19-3)7-5-11;1-9-7-19-14-12(9)13(15-8-16-14)17(2)10-3-5-11(18)6-4-10;1-9-7-3-5-8(10-2)6-4-7;1-4-2-11-7-5(4)6(8)9-3-10-7;1-9-7-4-2-6(8)3-5-7;1-4-2-11-7-5(4)6(8)9-3-10-7;/h2*4-9H,1-3H3;3-8,18H,1-2H3;3-6,9H,1-2H3;2-3H,1H3;2-5H,1H3;2-3H,1H3,(H2,8,9,10);1H/i3-1;;;;;;;. The molecule has 10 heterocycles. The Morgan fingerprint density at radius 1 is 0.396 bits per heavy atom. The third kappa shape index (κ3) is 18.8. The average molecular weight is 1520 g/mol. The van der Waals surface area contributed by atoms with Crippen LogP contribution in [0.15, 0.2) is 206 Å². The molecule has 10 aromatic heterocycles. The number of nitrogen functional groups attached to an aromatic ring is 1. The fourth-order valence-corrected chi connectivity index (χ4v) is 10.4. The Morgan fingerprint density at radius 3 is 1.00 bits per heavy atom. The van der Waals surface area contributed by atoms with Gasteiger partial charge in [-0.05, 0) is 184 Å². The Hall–Kier alpha value is -11.5. The van der Waals surface area contributed by atoms with Gasteiger partial charge in [0.05, 0.1) is 86.7 Å². The first-order valence-electron chi connectivity index (χ1n) is 30.6. The van der Waals surface area contributed by atoms with E-state index in [4.69, 9.17) is 58.4 Å². The minimum atomic E-state index is 0. The van der Waals surface area contributed by atoms with Gasteiger partial charge in [0.1, 0.15) is 88.8 Å². The molecule has 0 aliphatic heterocycles. The molecule has 0 atom stereocenters. The van der Waals surface area contributed by atoms with Gasteiger partial charge < -0.3 is 71.9 Å². The van der Waals surface area contributed by atoms with E-state index in [9.17, 15) is 5.11 Å². The number of benzene rings is 5. The molecule has 0 saturated carbocycles. The second-order valence-electron chi connectivity index (χ2n) is 21.7. The fourth-order valence-electron chi connectivity index (χ4n) is 9.76. The minimum Gasteiger partial charge on any atom is -0.508 e. The molecule has 28 heteroatoms. The Labute approximate surface area is 606 Å². The van der Waals surface area contributed by atoms with E-state index in [1.165, 1.54) is 35.2 Å². The van der Waals surface area contributed by atoms with Gasteiger partial charge >= 0.3 is 0 Å². The van der Waals surface area contributed by atoms with Crippen molar-refractivity contribution in [2.45, 2.75) is 34.6 Å². The maximum Gasteiger partial charge on any atom is 0.231 e. The number of halogens is 3. The molecule has 0 spiro atoms. The van der Waals surface area contributed by atoms with Crippen LogP contribution >= 0.6 is 46.6 Å². The Balaban J connectivity index is 0.000000153. The third-order valence-corrected chi connectivity index (χ3v) is 16.2. The fraction of sp³-hybridized carbons (Fsp3) is 0.178. The Kier molecular flexibility index (Phi) is 26.7. The van der Waals surface area contributed by atoms with Crippen LogP contribution in [0.4, 0.5) is 46.0 Å². The maximum atomic E-state index is 9.33. The summed E-state index contributed by atoms with van der Waals surface area (Å²) in [6.07, 6.45) is 15.6. The Morgan fingerprint density at radius 2 is 0.673 bits per heavy atom. The lowest BCUT2D eigenvalue weighted by Crippen LogP contribution is -2.11. The van der Waals surface area contributed by atoms with Crippen molar-refractivity contribution in [1.29, 1.82) is 0 Å². The number of furan rings is 5. The number of nitrogens with two attached hydrogens (primary N) is 1. The summed E-state index contributed by atoms with van der Waals surface area (Å²) in [7, 11) is 14.4. The van der Waals surface area contributed by atoms with E-state index in [1.54, 1.807) is 71.9 Å². The number of anilines is 8. The molecule has 5 aromatic carbocycles. The summed E-state index contributed by atoms with van der Waals surface area (Å²) >= 11 is 8.05. The van der Waals surface area contributed by atoms with Gasteiger partial charge in [-0.1, -0.05) is 11.6 Å². The number of phenols is 1. The zero-order valence-electron chi connectivity index (χ0n) is 57.5. The number of ether oxygens (including phenoxy) is 4. The van der Waals surface area contributed by atoms with Gasteiger partial charge in [-0.15, -0.1) is 12.4 Å². The molecule has 522 valence electrons. The summed E-state index contributed by atoms with van der Waals surface area (Å²) in [6, 6.07) is 38.3. The molecule has 4 N–H and O–H groups in total. The van der Waals surface area contributed by atoms with Crippen molar-refractivity contribution in [2.75, 3.05) is 82.4 Å². The minimum absolute atomic E-state index is 0. The number of nitrogens with zero attached hydrogens (tertiary/aromatic N) is 13. The first kappa shape index (κ1) is 75.3. The van der Waals surface area contributed by atoms with Crippen molar-refractivity contribution in [3.63, 3.8) is 0 Å². The molecule has 15 aromatic rings. The van der Waals surface area contributed by atoms with E-state index in [1.807, 2.05) is 187 Å². The zero-order chi connectivity index (χ0) is 71.4. The molecule has 15 rings (SSSR count). The lowest BCUT2D eigenvalue weighted by atomic mass is 10.2. The average Bonchev–Trinajstić information content (AvgIpc) is 0.985. The molecule has 0 aliphatic carbocycles. The summed E-state index contributed by atoms with van der Waals surface area (Å²) in [5, 5.41) is 17.2. The Bertz CT molecular complexity index is 4850. The molecule has 0 radical (unpaired) electrons. The van der Waals surface area contributed by atoms with Crippen LogP contribution < -0.4 is 44.7 Å². The van der Waals surface area contributed by atoms with Gasteiger partial charge in [-0.25, -0.2) is 49.8 Å². The number of phenolic OH excluding ortho intramolecular Hbond substituents is 1. The number of fused-ring (bicyclic) bond motifs is 5. The van der Waals surface area contributed by atoms with Crippen molar-refractivity contribution >= 4 is 148 Å². The van der Waals surface area contributed by atoms with Crippen LogP contribution in [0.2, 0.25) is 5.15 Å². The van der Waals surface area contributed by atoms with Crippen molar-refractivity contribution in [2.24, 2.45) is 0 Å². The summed E-state index contributed by atoms with van der Waals surface area (Å²) in [6.45, 7) is 9.75. The number of hydrogen-bond donors (Lipinski definition) is 3. The number of aromatic nitrogens is 10. The maximum absolute atomic E-state index is 9.33. The SMILES string of the molecule is CNc1ccc(OC)cc1.COc1ccc(I)cc1.COc1ccc(N(C)c2ncnc3occ(C)c23)cc1.Cc1coc2ncnc(Cl)c12.Cc1coc2ncnc(N(C)c3ccc(O)cc3)c12.Cc1coc2ncnc(N(C)c3ccc(O[11CH3])cc3)c12.Cc1coc2ncnc(N)c12.Cl. The van der Waals surface area contributed by atoms with Gasteiger partial charge in [0.15, 0.2) is 0 Å². The number of aromatic hydroxyl groups is 1. The van der Waals surface area contributed by atoms with Crippen molar-refractivity contribution in [3.05, 3.63) is 221 Å². The largest absolute Gasteiger partial charge is 0.508 e. The van der Waals surface area contributed by atoms with Gasteiger partial charge in [0.2, 0.25) is 28.6 Å². The van der Waals surface area contributed by atoms with Crippen LogP contribution in [0.3, 0.4) is 0 Å². The first-order chi connectivity index (χ1) is 48.3. The smallest absolute Gasteiger partial charge is 0.231 e. The van der Waals surface area contributed by atoms with E-state index in [-0.39, 0.29) is 18.2 Å². The summed E-state index contributed by atoms with van der Waals surface area (Å²) < 4.78 is 47.9. The molecule has 25 nitrogen and oxygen atoms in total. The molecule has 0 fully saturated rings. The van der Waals surface area contributed by atoms with Crippen LogP contribution in [0.25, 0.3) is 55.5 Å². The summed E-state index contributed by atoms with van der Waals surface area (Å²) in [4.78, 5) is 46.9. The van der Waals surface area contributed by atoms with Gasteiger partial charge in [0.25, 0.3) is 0 Å². The van der Waals surface area contributed by atoms with Crippen molar-refractivity contribution in [3.8, 4) is 28.7 Å². The van der Waals surface area contributed by atoms with Crippen LogP contribution in [0, 0.1) is 38.2 Å². The number of aryl methyl sites for hydroxylation is 5. The molecule has 0 amide bonds. The summed E-state index contributed by atoms with van der Waals surface area (Å²) in [5.74, 6) is 6.60. The molecule has 0 unspecified atom stereocenters. The van der Waals surface area contributed by atoms with Gasteiger partial charge in [-0.2, -0.15) is 0 Å². The van der Waals surface area contributed by atoms with E-state index in [0.717, 1.165) is 118 Å². The monoisotopic (exact) mass is 1520 g/mol. The molecular formula is C73H74Cl2IN15O10. The number of rotatable bonds is 11. The predicted octanol–water partition coefficient (Wildman–Crippen LogP) is 17.4. The lowest BCUT2D eigenvalue weighted by molar-refractivity contribution is 0.414. The van der Waals surface area contributed by atoms with E-state index in [2.05, 4.69) is 77.7 Å². The van der Waals surface area contributed by atoms with E-state index in [0.29, 0.717) is 39.5 Å². The number of hydrogen-bond acceptors (Lipinski definition) is 25. The highest BCUT2D eigenvalue weighted by atomic mass is 127. The van der Waals surface area contributed by atoms with Crippen LogP contribution in [-0.4, -0.2) is 112 Å². The third-order valence-electron chi connectivity index (χ3n) is 15.2. The molecule has 0 saturated heterocycles. The molecular weight excluding hydrogens is 1440 g/mol. The van der Waals surface area contributed by atoms with Crippen LogP contribution in [-0.2, 0) is 0 Å². The van der Waals surface area contributed by atoms with E-state index >= 15 is 0 Å². The highest BCUT2D eigenvalue weighted by molar-refractivity contribution is 14.1. The quantitative estimate of drug-likeness (QED) is 0.0800. The highest BCUT2D eigenvalue weighted by Gasteiger charge is 2.19. The first-order valence-corrected chi connectivity index (χ1v) is 32.0. The van der Waals surface area contributed by atoms with Gasteiger partial charge in [-0.3, -0.25) is 0 Å². The van der Waals surface area contributed by atoms with Crippen molar-refractivity contribution in [1.82, 2.24) is 49.8 Å². The normalized spacial score (nSPS) is 10.3. The topological polar surface area (TPSA) is 300 Å². The zero-order valence-corrected chi connectivity index (χ0v) is 61.2. The molecule has 0 aliphatic rings. The lowest BCUT2D eigenvalue weighted by Gasteiger charge is -2.19. The van der Waals surface area contributed by atoms with E-state index < -0.39 is 0 Å². The number of methoxy groups -OCH3 is 4. The predicted molar refractivity (Wildman–Crippen MR) is 406 cm³/mol. The number of nitrogens with one attached hydrogen (secondary N) is 1. The van der Waals surface area contributed by atoms with Crippen LogP contribution in [0.1, 0.15) is 27.8 Å². The van der Waals surface area contributed by atoms with Crippen LogP contribution in [0.5, 0.6) is 28.7 Å². The second kappa shape index (κ2) is 35.8. The molecule has 101 heavy (non-hydrogen) atoms. The second-order valence-corrected chi connectivity index (χ2v) is 23.3. The van der Waals surface area contributed by atoms with Gasteiger partial charge in [0, 0.05) is 76.8 Å². The van der Waals surface area contributed by atoms with Crippen molar-refractivity contribution < 1.29 is 46.1 Å².